The van der Waals surface area contributed by atoms with Crippen molar-refractivity contribution < 1.29 is 19.4 Å². The molecule has 4 aromatic rings. The number of aromatic amines is 2. The van der Waals surface area contributed by atoms with Crippen molar-refractivity contribution in [2.24, 2.45) is 0 Å². The third kappa shape index (κ3) is 5.41. The number of nitrogens with one attached hydrogen (secondary N) is 3. The van der Waals surface area contributed by atoms with Crippen LogP contribution in [0, 0.1) is 20.8 Å². The van der Waals surface area contributed by atoms with E-state index in [1.165, 1.54) is 11.1 Å². The fourth-order valence-corrected chi connectivity index (χ4v) is 5.95. The van der Waals surface area contributed by atoms with Crippen LogP contribution in [0.15, 0.2) is 41.3 Å². The van der Waals surface area contributed by atoms with Crippen LogP contribution in [-0.4, -0.2) is 87.1 Å². The highest BCUT2D eigenvalue weighted by Gasteiger charge is 2.41. The molecule has 0 spiro atoms. The second-order valence-electron chi connectivity index (χ2n) is 11.7. The zero-order chi connectivity index (χ0) is 30.4. The monoisotopic (exact) mass is 584 g/mol. The van der Waals surface area contributed by atoms with Gasteiger partial charge in [0.15, 0.2) is 0 Å². The Kier molecular flexibility index (Phi) is 7.53. The highest BCUT2D eigenvalue weighted by Crippen LogP contribution is 2.33. The number of aromatic nitrogens is 3. The number of aryl methyl sites for hydroxylation is 2. The molecule has 1 atom stereocenters. The average molecular weight is 585 g/mol. The number of imidazole rings is 1. The summed E-state index contributed by atoms with van der Waals surface area (Å²) in [5, 5.41) is 13.8. The second kappa shape index (κ2) is 11.3. The number of piperidine rings is 1. The molecule has 2 aliphatic rings. The lowest BCUT2D eigenvalue weighted by atomic mass is 10.0. The number of anilines is 1. The van der Waals surface area contributed by atoms with Crippen molar-refractivity contribution >= 4 is 28.5 Å². The maximum atomic E-state index is 13.3. The van der Waals surface area contributed by atoms with Crippen LogP contribution < -0.4 is 15.6 Å². The third-order valence-corrected chi connectivity index (χ3v) is 8.49. The summed E-state index contributed by atoms with van der Waals surface area (Å²) in [4.78, 5) is 53.7. The molecule has 0 radical (unpaired) electrons. The van der Waals surface area contributed by atoms with Crippen molar-refractivity contribution in [3.8, 4) is 17.1 Å². The number of pyridine rings is 1. The zero-order valence-electron chi connectivity index (χ0n) is 24.8. The van der Waals surface area contributed by atoms with Crippen molar-refractivity contribution in [1.29, 1.82) is 0 Å². The molecular weight excluding hydrogens is 548 g/mol. The van der Waals surface area contributed by atoms with E-state index >= 15 is 0 Å². The molecule has 1 unspecified atom stereocenters. The van der Waals surface area contributed by atoms with Gasteiger partial charge in [-0.2, -0.15) is 0 Å². The molecular formula is C32H36N6O5. The van der Waals surface area contributed by atoms with E-state index in [0.717, 1.165) is 48.4 Å². The zero-order valence-corrected chi connectivity index (χ0v) is 24.8. The van der Waals surface area contributed by atoms with Gasteiger partial charge in [-0.15, -0.1) is 0 Å². The first-order valence-electron chi connectivity index (χ1n) is 14.6. The smallest absolute Gasteiger partial charge is 0.261 e. The molecule has 1 saturated heterocycles. The number of H-pyrrole nitrogens is 2. The summed E-state index contributed by atoms with van der Waals surface area (Å²) in [6.07, 6.45) is 2.17. The van der Waals surface area contributed by atoms with Gasteiger partial charge in [0.25, 0.3) is 17.4 Å². The summed E-state index contributed by atoms with van der Waals surface area (Å²) < 4.78 is 5.90. The fourth-order valence-electron chi connectivity index (χ4n) is 5.95. The molecule has 43 heavy (non-hydrogen) atoms. The Morgan fingerprint density at radius 1 is 1.07 bits per heavy atom. The van der Waals surface area contributed by atoms with Crippen molar-refractivity contribution in [3.63, 3.8) is 0 Å². The van der Waals surface area contributed by atoms with Gasteiger partial charge in [0, 0.05) is 18.8 Å². The van der Waals surface area contributed by atoms with E-state index in [9.17, 15) is 19.5 Å². The number of ether oxygens (including phenoxy) is 1. The van der Waals surface area contributed by atoms with Crippen molar-refractivity contribution in [1.82, 2.24) is 24.8 Å². The van der Waals surface area contributed by atoms with E-state index < -0.39 is 6.10 Å². The minimum Gasteiger partial charge on any atom is -0.491 e. The van der Waals surface area contributed by atoms with Gasteiger partial charge in [0.05, 0.1) is 27.8 Å². The van der Waals surface area contributed by atoms with Gasteiger partial charge in [-0.3, -0.25) is 19.3 Å². The van der Waals surface area contributed by atoms with Gasteiger partial charge in [-0.25, -0.2) is 4.98 Å². The Morgan fingerprint density at radius 2 is 1.79 bits per heavy atom. The summed E-state index contributed by atoms with van der Waals surface area (Å²) in [6.45, 7) is 7.87. The number of hydrogen-bond acceptors (Lipinski definition) is 8. The average Bonchev–Trinajstić information content (AvgIpc) is 3.49. The Morgan fingerprint density at radius 3 is 2.53 bits per heavy atom. The molecule has 2 aromatic carbocycles. The highest BCUT2D eigenvalue weighted by atomic mass is 16.5. The number of carbonyl (C=O) groups excluding carboxylic acids is 2. The predicted molar refractivity (Wildman–Crippen MR) is 164 cm³/mol. The van der Waals surface area contributed by atoms with Crippen LogP contribution >= 0.6 is 0 Å². The number of nitrogens with zero attached hydrogens (tertiary/aromatic N) is 3. The molecule has 6 rings (SSSR count). The molecule has 4 heterocycles. The third-order valence-electron chi connectivity index (χ3n) is 8.49. The van der Waals surface area contributed by atoms with Gasteiger partial charge < -0.3 is 30.0 Å². The molecule has 0 aliphatic carbocycles. The number of imide groups is 1. The lowest BCUT2D eigenvalue weighted by molar-refractivity contribution is 0.0516. The Balaban J connectivity index is 1.20. The Hall–Kier alpha value is -4.48. The topological polar surface area (TPSA) is 144 Å². The molecule has 4 N–H and O–H groups in total. The number of amides is 2. The molecule has 2 amide bonds. The first-order valence-corrected chi connectivity index (χ1v) is 14.6. The molecule has 1 fully saturated rings. The number of carbonyl (C=O) groups is 2. The molecule has 224 valence electrons. The Bertz CT molecular complexity index is 1730. The summed E-state index contributed by atoms with van der Waals surface area (Å²) in [7, 11) is 2.04. The number of benzene rings is 2. The maximum Gasteiger partial charge on any atom is 0.261 e. The van der Waals surface area contributed by atoms with Crippen LogP contribution in [0.2, 0.25) is 0 Å². The van der Waals surface area contributed by atoms with Crippen molar-refractivity contribution in [2.45, 2.75) is 45.8 Å². The van der Waals surface area contributed by atoms with Gasteiger partial charge in [0.2, 0.25) is 0 Å². The normalized spacial score (nSPS) is 16.6. The lowest BCUT2D eigenvalue weighted by Gasteiger charge is -2.33. The summed E-state index contributed by atoms with van der Waals surface area (Å²) in [5.74, 6) is 0.425. The summed E-state index contributed by atoms with van der Waals surface area (Å²) in [6, 6.07) is 8.88. The minimum absolute atomic E-state index is 0.0715. The molecule has 2 aromatic heterocycles. The van der Waals surface area contributed by atoms with Gasteiger partial charge >= 0.3 is 0 Å². The predicted octanol–water partition coefficient (Wildman–Crippen LogP) is 3.39. The standard InChI is InChI=1S/C32H36N6O5/c1-17-11-18(2)19(3)27(12-17)43-16-21(39)15-34-24-5-8-33-30(40)28(24)29-35-25-13-22-23(14-26(25)36-29)32(42)38(31(22)41)20-6-9-37(4)10-7-20/h5,8,11-14,20-21,39H,6-7,9-10,15-16H2,1-4H3,(H,35,36)(H2,33,34,40). The SMILES string of the molecule is Cc1cc(C)c(C)c(OCC(O)CNc2cc[nH]c(=O)c2-c2nc3cc4c(cc3[nH]2)C(=O)N(C2CCN(C)CC2)C4=O)c1. The van der Waals surface area contributed by atoms with E-state index in [-0.39, 0.29) is 48.0 Å². The van der Waals surface area contributed by atoms with Gasteiger partial charge in [-0.05, 0) is 94.7 Å². The molecule has 0 bridgehead atoms. The van der Waals surface area contributed by atoms with Crippen LogP contribution in [0.25, 0.3) is 22.4 Å². The van der Waals surface area contributed by atoms with E-state index in [4.69, 9.17) is 4.74 Å². The van der Waals surface area contributed by atoms with Crippen LogP contribution in [-0.2, 0) is 0 Å². The first kappa shape index (κ1) is 28.6. The largest absolute Gasteiger partial charge is 0.491 e. The maximum absolute atomic E-state index is 13.3. The van der Waals surface area contributed by atoms with E-state index in [1.54, 1.807) is 18.2 Å². The van der Waals surface area contributed by atoms with Crippen molar-refractivity contribution in [2.75, 3.05) is 38.6 Å². The van der Waals surface area contributed by atoms with Crippen LogP contribution in [0.1, 0.15) is 50.2 Å². The summed E-state index contributed by atoms with van der Waals surface area (Å²) >= 11 is 0. The van der Waals surface area contributed by atoms with Crippen LogP contribution in [0.5, 0.6) is 5.75 Å². The number of rotatable bonds is 8. The number of fused-ring (bicyclic) bond motifs is 2. The number of likely N-dealkylation sites (tertiary alicyclic amines) is 1. The second-order valence-corrected chi connectivity index (χ2v) is 11.7. The minimum atomic E-state index is -0.851. The van der Waals surface area contributed by atoms with E-state index in [2.05, 4.69) is 31.2 Å². The molecule has 11 nitrogen and oxygen atoms in total. The number of aliphatic hydroxyl groups is 1. The highest BCUT2D eigenvalue weighted by molar-refractivity contribution is 6.23. The van der Waals surface area contributed by atoms with Gasteiger partial charge in [-0.1, -0.05) is 6.07 Å². The summed E-state index contributed by atoms with van der Waals surface area (Å²) in [5.41, 5.74) is 5.27. The lowest BCUT2D eigenvalue weighted by Crippen LogP contribution is -2.46. The first-order chi connectivity index (χ1) is 20.6. The molecule has 11 heteroatoms. The Labute approximate surface area is 248 Å². The molecule has 2 aliphatic heterocycles. The quantitative estimate of drug-likeness (QED) is 0.231. The van der Waals surface area contributed by atoms with E-state index in [0.29, 0.717) is 27.8 Å². The number of aliphatic hydroxyl groups excluding tert-OH is 1. The van der Waals surface area contributed by atoms with Gasteiger partial charge in [0.1, 0.15) is 29.8 Å². The van der Waals surface area contributed by atoms with Crippen LogP contribution in [0.3, 0.4) is 0 Å². The van der Waals surface area contributed by atoms with E-state index in [1.807, 2.05) is 33.9 Å². The fraction of sp³-hybridized carbons (Fsp3) is 0.375. The van der Waals surface area contributed by atoms with Crippen LogP contribution in [0.4, 0.5) is 5.69 Å². The molecule has 0 saturated carbocycles. The van der Waals surface area contributed by atoms with Crippen molar-refractivity contribution in [3.05, 3.63) is 74.7 Å². The number of hydrogen-bond donors (Lipinski definition) is 4.